The van der Waals surface area contributed by atoms with Crippen molar-refractivity contribution in [1.29, 1.82) is 0 Å². The van der Waals surface area contributed by atoms with Crippen LogP contribution in [0.4, 0.5) is 0 Å². The molecular weight excluding hydrogens is 226 g/mol. The lowest BCUT2D eigenvalue weighted by Crippen LogP contribution is -1.80. The molecule has 1 atom stereocenters. The number of benzene rings is 1. The first kappa shape index (κ1) is 8.57. The van der Waals surface area contributed by atoms with E-state index >= 15 is 0 Å². The first-order valence-corrected chi connectivity index (χ1v) is 5.07. The number of rotatable bonds is 2. The van der Waals surface area contributed by atoms with E-state index in [4.69, 9.17) is 0 Å². The van der Waals surface area contributed by atoms with Crippen molar-refractivity contribution >= 4 is 26.8 Å². The average molecular weight is 236 g/mol. The Hall–Kier alpha value is -1.02. The molecule has 1 unspecified atom stereocenters. The van der Waals surface area contributed by atoms with Crippen LogP contribution in [0.1, 0.15) is 10.4 Å². The second-order valence-corrected chi connectivity index (χ2v) is 3.91. The summed E-state index contributed by atoms with van der Waals surface area (Å²) in [6.45, 7) is 3.76. The minimum absolute atomic E-state index is 0.226. The van der Waals surface area contributed by atoms with Crippen molar-refractivity contribution in [2.75, 3.05) is 0 Å². The van der Waals surface area contributed by atoms with Gasteiger partial charge in [-0.1, -0.05) is 40.2 Å². The van der Waals surface area contributed by atoms with E-state index in [0.717, 1.165) is 0 Å². The first-order valence-electron chi connectivity index (χ1n) is 4.15. The molecule has 0 amide bonds. The molecule has 2 aromatic rings. The Morgan fingerprint density at radius 2 is 2.15 bits per heavy atom. The maximum absolute atomic E-state index is 3.76. The Bertz CT molecular complexity index is 430. The number of hydrogen-bond acceptors (Lipinski definition) is 0. The number of nitrogens with one attached hydrogen (secondary N) is 1. The Morgan fingerprint density at radius 3 is 2.92 bits per heavy atom. The van der Waals surface area contributed by atoms with Crippen molar-refractivity contribution in [3.05, 3.63) is 48.7 Å². The van der Waals surface area contributed by atoms with Gasteiger partial charge in [0, 0.05) is 17.1 Å². The van der Waals surface area contributed by atoms with E-state index in [1.54, 1.807) is 0 Å². The molecule has 0 fully saturated rings. The van der Waals surface area contributed by atoms with Crippen LogP contribution in [0.15, 0.2) is 43.1 Å². The third kappa shape index (κ3) is 1.42. The van der Waals surface area contributed by atoms with E-state index in [-0.39, 0.29) is 4.83 Å². The van der Waals surface area contributed by atoms with E-state index in [1.165, 1.54) is 16.5 Å². The SMILES string of the molecule is C=CC(Br)c1c[nH]c2ccccc12. The van der Waals surface area contributed by atoms with Gasteiger partial charge in [0.15, 0.2) is 0 Å². The summed E-state index contributed by atoms with van der Waals surface area (Å²) in [5.41, 5.74) is 2.41. The lowest BCUT2D eigenvalue weighted by atomic mass is 10.1. The molecule has 2 heteroatoms. The lowest BCUT2D eigenvalue weighted by molar-refractivity contribution is 1.28. The first-order chi connectivity index (χ1) is 6.33. The highest BCUT2D eigenvalue weighted by molar-refractivity contribution is 9.09. The summed E-state index contributed by atoms with van der Waals surface area (Å²) in [7, 11) is 0. The summed E-state index contributed by atoms with van der Waals surface area (Å²) < 4.78 is 0. The zero-order valence-corrected chi connectivity index (χ0v) is 8.71. The lowest BCUT2D eigenvalue weighted by Gasteiger charge is -2.00. The van der Waals surface area contributed by atoms with E-state index in [9.17, 15) is 0 Å². The number of allylic oxidation sites excluding steroid dienone is 1. The summed E-state index contributed by atoms with van der Waals surface area (Å²) in [5, 5.41) is 1.25. The van der Waals surface area contributed by atoms with Crippen molar-refractivity contribution in [2.24, 2.45) is 0 Å². The molecule has 13 heavy (non-hydrogen) atoms. The molecule has 0 bridgehead atoms. The Kier molecular flexibility index (Phi) is 2.23. The summed E-state index contributed by atoms with van der Waals surface area (Å²) in [5.74, 6) is 0. The fraction of sp³-hybridized carbons (Fsp3) is 0.0909. The van der Waals surface area contributed by atoms with Gasteiger partial charge >= 0.3 is 0 Å². The van der Waals surface area contributed by atoms with E-state index < -0.39 is 0 Å². The van der Waals surface area contributed by atoms with Crippen molar-refractivity contribution < 1.29 is 0 Å². The van der Waals surface area contributed by atoms with Crippen molar-refractivity contribution in [3.63, 3.8) is 0 Å². The molecule has 2 rings (SSSR count). The number of fused-ring (bicyclic) bond motifs is 1. The second kappa shape index (κ2) is 3.38. The van der Waals surface area contributed by atoms with Gasteiger partial charge < -0.3 is 4.98 Å². The van der Waals surface area contributed by atoms with Gasteiger partial charge in [0.05, 0.1) is 4.83 Å². The highest BCUT2D eigenvalue weighted by Gasteiger charge is 2.07. The van der Waals surface area contributed by atoms with E-state index in [1.807, 2.05) is 24.4 Å². The topological polar surface area (TPSA) is 15.8 Å². The fourth-order valence-electron chi connectivity index (χ4n) is 1.45. The summed E-state index contributed by atoms with van der Waals surface area (Å²) in [6.07, 6.45) is 3.90. The number of halogens is 1. The quantitative estimate of drug-likeness (QED) is 0.603. The molecular formula is C11H10BrN. The minimum Gasteiger partial charge on any atom is -0.361 e. The second-order valence-electron chi connectivity index (χ2n) is 2.93. The molecule has 66 valence electrons. The molecule has 0 saturated heterocycles. The number of aromatic amines is 1. The maximum Gasteiger partial charge on any atom is 0.0593 e. The molecule has 0 aliphatic heterocycles. The standard InChI is InChI=1S/C11H10BrN/c1-2-10(12)9-7-13-11-6-4-3-5-8(9)11/h2-7,10,13H,1H2. The molecule has 1 aromatic heterocycles. The fourth-order valence-corrected chi connectivity index (χ4v) is 1.83. The number of hydrogen-bond donors (Lipinski definition) is 1. The maximum atomic E-state index is 3.76. The van der Waals surface area contributed by atoms with Crippen LogP contribution in [0, 0.1) is 0 Å². The summed E-state index contributed by atoms with van der Waals surface area (Å²) in [6, 6.07) is 8.25. The molecule has 0 saturated carbocycles. The molecule has 0 radical (unpaired) electrons. The molecule has 1 N–H and O–H groups in total. The van der Waals surface area contributed by atoms with Crippen molar-refractivity contribution in [2.45, 2.75) is 4.83 Å². The van der Waals surface area contributed by atoms with Crippen LogP contribution in [-0.2, 0) is 0 Å². The van der Waals surface area contributed by atoms with Gasteiger partial charge in [-0.25, -0.2) is 0 Å². The Labute approximate surface area is 85.6 Å². The third-order valence-electron chi connectivity index (χ3n) is 2.13. The zero-order valence-electron chi connectivity index (χ0n) is 7.13. The van der Waals surface area contributed by atoms with Crippen LogP contribution in [0.25, 0.3) is 10.9 Å². The van der Waals surface area contributed by atoms with Gasteiger partial charge in [-0.2, -0.15) is 0 Å². The molecule has 1 nitrogen and oxygen atoms in total. The van der Waals surface area contributed by atoms with Crippen LogP contribution < -0.4 is 0 Å². The van der Waals surface area contributed by atoms with Gasteiger partial charge in [-0.3, -0.25) is 0 Å². The molecule has 0 spiro atoms. The van der Waals surface area contributed by atoms with Crippen LogP contribution in [0.2, 0.25) is 0 Å². The molecule has 1 heterocycles. The van der Waals surface area contributed by atoms with E-state index in [2.05, 4.69) is 39.6 Å². The van der Waals surface area contributed by atoms with Gasteiger partial charge in [-0.05, 0) is 11.6 Å². The largest absolute Gasteiger partial charge is 0.361 e. The van der Waals surface area contributed by atoms with E-state index in [0.29, 0.717) is 0 Å². The van der Waals surface area contributed by atoms with Gasteiger partial charge in [0.25, 0.3) is 0 Å². The van der Waals surface area contributed by atoms with Gasteiger partial charge in [0.1, 0.15) is 0 Å². The summed E-state index contributed by atoms with van der Waals surface area (Å²) >= 11 is 3.55. The van der Waals surface area contributed by atoms with Crippen LogP contribution in [0.3, 0.4) is 0 Å². The van der Waals surface area contributed by atoms with Gasteiger partial charge in [-0.15, -0.1) is 6.58 Å². The number of aromatic nitrogens is 1. The molecule has 0 aliphatic rings. The molecule has 0 aliphatic carbocycles. The summed E-state index contributed by atoms with van der Waals surface area (Å²) in [4.78, 5) is 3.45. The predicted octanol–water partition coefficient (Wildman–Crippen LogP) is 3.79. The highest BCUT2D eigenvalue weighted by Crippen LogP contribution is 2.30. The predicted molar refractivity (Wildman–Crippen MR) is 60.2 cm³/mol. The normalized spacial score (nSPS) is 13.0. The highest BCUT2D eigenvalue weighted by atomic mass is 79.9. The smallest absolute Gasteiger partial charge is 0.0593 e. The number of H-pyrrole nitrogens is 1. The van der Waals surface area contributed by atoms with Crippen LogP contribution in [0.5, 0.6) is 0 Å². The monoisotopic (exact) mass is 235 g/mol. The van der Waals surface area contributed by atoms with Crippen molar-refractivity contribution in [3.8, 4) is 0 Å². The van der Waals surface area contributed by atoms with Gasteiger partial charge in [0.2, 0.25) is 0 Å². The zero-order chi connectivity index (χ0) is 9.26. The van der Waals surface area contributed by atoms with Crippen LogP contribution in [-0.4, -0.2) is 4.98 Å². The minimum atomic E-state index is 0.226. The third-order valence-corrected chi connectivity index (χ3v) is 2.99. The number of alkyl halides is 1. The van der Waals surface area contributed by atoms with Crippen molar-refractivity contribution in [1.82, 2.24) is 4.98 Å². The Morgan fingerprint density at radius 1 is 1.38 bits per heavy atom. The van der Waals surface area contributed by atoms with Crippen LogP contribution >= 0.6 is 15.9 Å². The average Bonchev–Trinajstić information content (AvgIpc) is 2.60. The molecule has 1 aromatic carbocycles. The Balaban J connectivity index is 2.64. The number of para-hydroxylation sites is 1.